The molecule has 0 saturated heterocycles. The summed E-state index contributed by atoms with van der Waals surface area (Å²) in [6, 6.07) is 71.5. The number of hydrogen-bond donors (Lipinski definition) is 0. The van der Waals surface area contributed by atoms with E-state index in [-0.39, 0.29) is 10.8 Å². The van der Waals surface area contributed by atoms with Crippen LogP contribution in [0.3, 0.4) is 0 Å². The maximum absolute atomic E-state index is 2.70. The molecule has 0 fully saturated rings. The first kappa shape index (κ1) is 33.1. The fourth-order valence-corrected chi connectivity index (χ4v) is 15.9. The van der Waals surface area contributed by atoms with E-state index in [0.29, 0.717) is 0 Å². The van der Waals surface area contributed by atoms with Gasteiger partial charge in [0.05, 0.1) is 5.69 Å². The fourth-order valence-electron chi connectivity index (χ4n) is 10.8. The van der Waals surface area contributed by atoms with Gasteiger partial charge in [0, 0.05) is 27.8 Å². The Balaban J connectivity index is 1.21. The van der Waals surface area contributed by atoms with Crippen LogP contribution in [0.5, 0.6) is 0 Å². The third kappa shape index (κ3) is 4.36. The number of rotatable bonds is 5. The van der Waals surface area contributed by atoms with Crippen LogP contribution in [-0.2, 0) is 10.8 Å². The second-order valence-electron chi connectivity index (χ2n) is 16.9. The van der Waals surface area contributed by atoms with E-state index in [1.807, 2.05) is 0 Å². The van der Waals surface area contributed by atoms with Crippen molar-refractivity contribution in [3.05, 3.63) is 210 Å². The highest BCUT2D eigenvalue weighted by molar-refractivity contribution is 7.22. The summed E-state index contributed by atoms with van der Waals surface area (Å²) in [5.41, 5.74) is 16.9. The lowest BCUT2D eigenvalue weighted by molar-refractivity contribution is 0.660. The molecule has 1 heterocycles. The molecule has 11 rings (SSSR count). The van der Waals surface area contributed by atoms with E-state index < -0.39 is 8.07 Å². The quantitative estimate of drug-likeness (QED) is 0.159. The van der Waals surface area contributed by atoms with Gasteiger partial charge in [-0.2, -0.15) is 0 Å². The fraction of sp³-hybridized carbons (Fsp3) is 0.111. The highest BCUT2D eigenvalue weighted by Crippen LogP contribution is 2.54. The second kappa shape index (κ2) is 11.9. The Morgan fingerprint density at radius 3 is 1.32 bits per heavy atom. The van der Waals surface area contributed by atoms with Gasteiger partial charge in [-0.05, 0) is 101 Å². The summed E-state index contributed by atoms with van der Waals surface area (Å²) in [6.07, 6.45) is 0. The van der Waals surface area contributed by atoms with E-state index in [2.05, 4.69) is 221 Å². The van der Waals surface area contributed by atoms with E-state index in [9.17, 15) is 0 Å². The average Bonchev–Trinajstić information content (AvgIpc) is 3.77. The summed E-state index contributed by atoms with van der Waals surface area (Å²) in [4.78, 5) is 2.58. The van der Waals surface area contributed by atoms with Gasteiger partial charge in [0.1, 0.15) is 0 Å². The van der Waals surface area contributed by atoms with Gasteiger partial charge in [0.2, 0.25) is 0 Å². The average molecular weight is 734 g/mol. The lowest BCUT2D eigenvalue weighted by Crippen LogP contribution is -2.72. The molecule has 0 unspecified atom stereocenters. The minimum atomic E-state index is -2.70. The molecule has 1 nitrogen and oxygen atoms in total. The normalized spacial score (nSPS) is 15.6. The van der Waals surface area contributed by atoms with Gasteiger partial charge >= 0.3 is 0 Å². The first-order valence-electron chi connectivity index (χ1n) is 19.9. The first-order chi connectivity index (χ1) is 27.3. The summed E-state index contributed by atoms with van der Waals surface area (Å²) in [7, 11) is -2.70. The van der Waals surface area contributed by atoms with Gasteiger partial charge in [0.15, 0.2) is 8.07 Å². The smallest absolute Gasteiger partial charge is 0.180 e. The Morgan fingerprint density at radius 1 is 0.357 bits per heavy atom. The van der Waals surface area contributed by atoms with Crippen molar-refractivity contribution >= 4 is 45.9 Å². The van der Waals surface area contributed by atoms with Gasteiger partial charge in [-0.25, -0.2) is 0 Å². The van der Waals surface area contributed by atoms with Gasteiger partial charge in [-0.15, -0.1) is 0 Å². The molecule has 0 amide bonds. The number of hydrogen-bond acceptors (Lipinski definition) is 1. The van der Waals surface area contributed by atoms with E-state index in [1.165, 1.54) is 93.4 Å². The summed E-state index contributed by atoms with van der Waals surface area (Å²) < 4.78 is 0. The van der Waals surface area contributed by atoms with Gasteiger partial charge < -0.3 is 4.90 Å². The molecule has 8 aromatic carbocycles. The monoisotopic (exact) mass is 733 g/mol. The van der Waals surface area contributed by atoms with Crippen LogP contribution < -0.4 is 25.6 Å². The zero-order valence-electron chi connectivity index (χ0n) is 32.3. The van der Waals surface area contributed by atoms with E-state index >= 15 is 0 Å². The molecule has 1 aliphatic heterocycles. The number of fused-ring (bicyclic) bond motifs is 9. The Morgan fingerprint density at radius 2 is 0.786 bits per heavy atom. The van der Waals surface area contributed by atoms with Gasteiger partial charge in [0.25, 0.3) is 0 Å². The zero-order valence-corrected chi connectivity index (χ0v) is 33.3. The molecule has 8 aromatic rings. The highest BCUT2D eigenvalue weighted by atomic mass is 28.3. The molecule has 0 N–H and O–H groups in total. The molecule has 0 radical (unpaired) electrons. The van der Waals surface area contributed by atoms with Crippen LogP contribution in [-0.4, -0.2) is 8.07 Å². The second-order valence-corrected chi connectivity index (χ2v) is 20.6. The Bertz CT molecular complexity index is 2720. The molecule has 0 saturated carbocycles. The number of anilines is 3. The topological polar surface area (TPSA) is 3.24 Å². The van der Waals surface area contributed by atoms with Crippen LogP contribution in [0, 0.1) is 0 Å². The van der Waals surface area contributed by atoms with E-state index in [0.717, 1.165) is 0 Å². The summed E-state index contributed by atoms with van der Waals surface area (Å²) >= 11 is 0. The lowest BCUT2D eigenvalue weighted by atomic mass is 9.82. The predicted molar refractivity (Wildman–Crippen MR) is 239 cm³/mol. The van der Waals surface area contributed by atoms with Crippen molar-refractivity contribution in [3.8, 4) is 33.4 Å². The van der Waals surface area contributed by atoms with Crippen molar-refractivity contribution in [1.82, 2.24) is 0 Å². The Kier molecular flexibility index (Phi) is 7.04. The predicted octanol–water partition coefficient (Wildman–Crippen LogP) is 11.1. The van der Waals surface area contributed by atoms with E-state index in [1.54, 1.807) is 0 Å². The van der Waals surface area contributed by atoms with E-state index in [4.69, 9.17) is 0 Å². The molecule has 268 valence electrons. The molecule has 56 heavy (non-hydrogen) atoms. The molecule has 0 atom stereocenters. The Hall–Kier alpha value is -6.22. The van der Waals surface area contributed by atoms with Crippen molar-refractivity contribution in [2.24, 2.45) is 0 Å². The number of nitrogens with zero attached hydrogens (tertiary/aromatic N) is 1. The minimum Gasteiger partial charge on any atom is -0.310 e. The molecule has 0 aromatic heterocycles. The molecular formula is C54H43NSi. The first-order valence-corrected chi connectivity index (χ1v) is 21.9. The maximum atomic E-state index is 2.58. The molecule has 0 spiro atoms. The molecule has 2 aliphatic carbocycles. The van der Waals surface area contributed by atoms with Gasteiger partial charge in [-0.1, -0.05) is 185 Å². The van der Waals surface area contributed by atoms with Crippen LogP contribution >= 0.6 is 0 Å². The molecule has 3 aliphatic rings. The van der Waals surface area contributed by atoms with Crippen molar-refractivity contribution in [2.75, 3.05) is 4.90 Å². The minimum absolute atomic E-state index is 0.122. The zero-order chi connectivity index (χ0) is 37.8. The maximum Gasteiger partial charge on any atom is 0.180 e. The molecule has 2 heteroatoms. The lowest BCUT2D eigenvalue weighted by Gasteiger charge is -2.33. The Labute approximate surface area is 331 Å². The highest BCUT2D eigenvalue weighted by Gasteiger charge is 2.50. The third-order valence-corrected chi connectivity index (χ3v) is 18.2. The van der Waals surface area contributed by atoms with Crippen LogP contribution in [0.1, 0.15) is 49.9 Å². The summed E-state index contributed by atoms with van der Waals surface area (Å²) in [5, 5.41) is 5.72. The van der Waals surface area contributed by atoms with Crippen LogP contribution in [0.4, 0.5) is 17.1 Å². The summed E-state index contributed by atoms with van der Waals surface area (Å²) in [5.74, 6) is 0. The van der Waals surface area contributed by atoms with Crippen molar-refractivity contribution in [2.45, 2.75) is 38.5 Å². The molecule has 0 bridgehead atoms. The number of benzene rings is 8. The van der Waals surface area contributed by atoms with Crippen LogP contribution in [0.25, 0.3) is 33.4 Å². The largest absolute Gasteiger partial charge is 0.310 e. The third-order valence-electron chi connectivity index (χ3n) is 13.4. The van der Waals surface area contributed by atoms with Crippen LogP contribution in [0.15, 0.2) is 188 Å². The summed E-state index contributed by atoms with van der Waals surface area (Å²) in [6.45, 7) is 9.54. The van der Waals surface area contributed by atoms with Gasteiger partial charge in [-0.3, -0.25) is 0 Å². The van der Waals surface area contributed by atoms with Crippen LogP contribution in [0.2, 0.25) is 0 Å². The van der Waals surface area contributed by atoms with Crippen molar-refractivity contribution in [1.29, 1.82) is 0 Å². The SMILES string of the molecule is CC1(C)c2ccccc2-c2ccc(N(c3ccc4c(c3)C(C)(C)c3ccccc3-4)c3cccc4c3-c3ccccc3[Si]4(c3ccccc3)c3ccccc3)cc21. The molecular weight excluding hydrogens is 691 g/mol. The standard InChI is InChI=1S/C54H43NSi/c1-53(2)45-25-14-11-22-40(45)42-32-30-36(34-47(42)53)55(37-31-33-43-41-23-12-15-26-46(41)54(3,4)48(43)35-37)49-27-17-29-51-52(49)44-24-13-16-28-50(44)56(51,38-18-7-5-8-19-38)39-20-9-6-10-21-39/h5-35H,1-4H3. The van der Waals surface area contributed by atoms with Crippen molar-refractivity contribution in [3.63, 3.8) is 0 Å². The van der Waals surface area contributed by atoms with Crippen molar-refractivity contribution < 1.29 is 0 Å².